The number of methoxy groups -OCH3 is 1. The van der Waals surface area contributed by atoms with Gasteiger partial charge in [0.25, 0.3) is 5.91 Å². The predicted octanol–water partition coefficient (Wildman–Crippen LogP) is 3.36. The molecule has 0 radical (unpaired) electrons. The molecule has 4 heteroatoms. The minimum atomic E-state index is -0.124. The van der Waals surface area contributed by atoms with Crippen LogP contribution in [0, 0.1) is 20.8 Å². The number of carbonyl (C=O) groups is 1. The van der Waals surface area contributed by atoms with E-state index in [9.17, 15) is 4.79 Å². The second kappa shape index (κ2) is 8.39. The second-order valence-electron chi connectivity index (χ2n) is 6.03. The Hall–Kier alpha value is -2.49. The summed E-state index contributed by atoms with van der Waals surface area (Å²) in [5.74, 6) is 1.45. The molecule has 0 atom stereocenters. The molecule has 128 valence electrons. The summed E-state index contributed by atoms with van der Waals surface area (Å²) in [5.41, 5.74) is 4.51. The Morgan fingerprint density at radius 1 is 1.00 bits per heavy atom. The van der Waals surface area contributed by atoms with Gasteiger partial charge in [0, 0.05) is 6.54 Å². The zero-order chi connectivity index (χ0) is 17.5. The summed E-state index contributed by atoms with van der Waals surface area (Å²) in [6.45, 7) is 6.63. The van der Waals surface area contributed by atoms with E-state index in [1.165, 1.54) is 5.56 Å². The fourth-order valence-corrected chi connectivity index (χ4v) is 2.66. The van der Waals surface area contributed by atoms with Crippen LogP contribution in [0.4, 0.5) is 0 Å². The molecule has 0 aliphatic rings. The molecule has 0 saturated heterocycles. The summed E-state index contributed by atoms with van der Waals surface area (Å²) in [6, 6.07) is 12.0. The molecule has 1 N–H and O–H groups in total. The van der Waals surface area contributed by atoms with Gasteiger partial charge in [-0.3, -0.25) is 4.79 Å². The van der Waals surface area contributed by atoms with Gasteiger partial charge < -0.3 is 14.8 Å². The van der Waals surface area contributed by atoms with E-state index >= 15 is 0 Å². The molecule has 2 aromatic rings. The van der Waals surface area contributed by atoms with Gasteiger partial charge in [-0.25, -0.2) is 0 Å². The van der Waals surface area contributed by atoms with Gasteiger partial charge in [0.05, 0.1) is 7.11 Å². The lowest BCUT2D eigenvalue weighted by molar-refractivity contribution is -0.123. The van der Waals surface area contributed by atoms with Gasteiger partial charge in [-0.05, 0) is 62.1 Å². The van der Waals surface area contributed by atoms with E-state index in [2.05, 4.69) is 17.4 Å². The number of benzene rings is 2. The highest BCUT2D eigenvalue weighted by Crippen LogP contribution is 2.19. The standard InChI is InChI=1S/C20H25NO3/c1-14-5-6-19(23-4)17(10-14)7-8-21-20(22)13-24-18-11-15(2)9-16(3)12-18/h5-6,9-12H,7-8,13H2,1-4H3,(H,21,22). The van der Waals surface area contributed by atoms with Crippen LogP contribution in [0.25, 0.3) is 0 Å². The van der Waals surface area contributed by atoms with Crippen molar-refractivity contribution in [1.82, 2.24) is 5.32 Å². The van der Waals surface area contributed by atoms with E-state index in [4.69, 9.17) is 9.47 Å². The quantitative estimate of drug-likeness (QED) is 0.848. The first-order valence-corrected chi connectivity index (χ1v) is 8.09. The molecular formula is C20H25NO3. The third-order valence-corrected chi connectivity index (χ3v) is 3.72. The number of rotatable bonds is 7. The maximum Gasteiger partial charge on any atom is 0.257 e. The van der Waals surface area contributed by atoms with Crippen molar-refractivity contribution < 1.29 is 14.3 Å². The number of ether oxygens (including phenoxy) is 2. The van der Waals surface area contributed by atoms with E-state index < -0.39 is 0 Å². The Labute approximate surface area is 143 Å². The third kappa shape index (κ3) is 5.30. The lowest BCUT2D eigenvalue weighted by Crippen LogP contribution is -2.30. The topological polar surface area (TPSA) is 47.6 Å². The maximum atomic E-state index is 11.9. The molecule has 2 aromatic carbocycles. The van der Waals surface area contributed by atoms with E-state index in [-0.39, 0.29) is 12.5 Å². The summed E-state index contributed by atoms with van der Waals surface area (Å²) in [4.78, 5) is 11.9. The third-order valence-electron chi connectivity index (χ3n) is 3.72. The van der Waals surface area contributed by atoms with Crippen LogP contribution in [0.1, 0.15) is 22.3 Å². The minimum Gasteiger partial charge on any atom is -0.496 e. The van der Waals surface area contributed by atoms with Gasteiger partial charge >= 0.3 is 0 Å². The van der Waals surface area contributed by atoms with Crippen molar-refractivity contribution in [1.29, 1.82) is 0 Å². The summed E-state index contributed by atoms with van der Waals surface area (Å²) < 4.78 is 10.9. The van der Waals surface area contributed by atoms with Crippen LogP contribution in [0.3, 0.4) is 0 Å². The smallest absolute Gasteiger partial charge is 0.257 e. The molecule has 2 rings (SSSR count). The van der Waals surface area contributed by atoms with Crippen molar-refractivity contribution in [3.63, 3.8) is 0 Å². The fraction of sp³-hybridized carbons (Fsp3) is 0.350. The predicted molar refractivity (Wildman–Crippen MR) is 95.9 cm³/mol. The zero-order valence-corrected chi connectivity index (χ0v) is 14.8. The SMILES string of the molecule is COc1ccc(C)cc1CCNC(=O)COc1cc(C)cc(C)c1. The molecule has 0 unspecified atom stereocenters. The van der Waals surface area contributed by atoms with Crippen LogP contribution in [0.2, 0.25) is 0 Å². The number of hydrogen-bond acceptors (Lipinski definition) is 3. The van der Waals surface area contributed by atoms with Gasteiger partial charge in [0.2, 0.25) is 0 Å². The largest absolute Gasteiger partial charge is 0.496 e. The number of hydrogen-bond donors (Lipinski definition) is 1. The van der Waals surface area contributed by atoms with Crippen LogP contribution >= 0.6 is 0 Å². The first-order valence-electron chi connectivity index (χ1n) is 8.09. The van der Waals surface area contributed by atoms with Gasteiger partial charge in [-0.1, -0.05) is 23.8 Å². The molecule has 0 aromatic heterocycles. The average Bonchev–Trinajstić information content (AvgIpc) is 2.52. The van der Waals surface area contributed by atoms with Crippen LogP contribution in [0.15, 0.2) is 36.4 Å². The van der Waals surface area contributed by atoms with Crippen molar-refractivity contribution in [2.45, 2.75) is 27.2 Å². The molecule has 0 saturated carbocycles. The monoisotopic (exact) mass is 327 g/mol. The number of amides is 1. The highest BCUT2D eigenvalue weighted by Gasteiger charge is 2.06. The summed E-state index contributed by atoms with van der Waals surface area (Å²) >= 11 is 0. The molecule has 0 aliphatic heterocycles. The second-order valence-corrected chi connectivity index (χ2v) is 6.03. The van der Waals surface area contributed by atoms with Gasteiger partial charge in [-0.2, -0.15) is 0 Å². The van der Waals surface area contributed by atoms with Crippen molar-refractivity contribution >= 4 is 5.91 Å². The van der Waals surface area contributed by atoms with Gasteiger partial charge in [-0.15, -0.1) is 0 Å². The lowest BCUT2D eigenvalue weighted by Gasteiger charge is -2.11. The summed E-state index contributed by atoms with van der Waals surface area (Å²) in [6.07, 6.45) is 0.722. The summed E-state index contributed by atoms with van der Waals surface area (Å²) in [5, 5.41) is 2.88. The fourth-order valence-electron chi connectivity index (χ4n) is 2.66. The zero-order valence-electron chi connectivity index (χ0n) is 14.8. The number of carbonyl (C=O) groups excluding carboxylic acids is 1. The number of aryl methyl sites for hydroxylation is 3. The molecule has 0 spiro atoms. The van der Waals surface area contributed by atoms with E-state index in [0.717, 1.165) is 34.6 Å². The Bertz CT molecular complexity index is 690. The van der Waals surface area contributed by atoms with Gasteiger partial charge in [0.1, 0.15) is 11.5 Å². The first kappa shape index (κ1) is 17.9. The molecule has 1 amide bonds. The van der Waals surface area contributed by atoms with Crippen molar-refractivity contribution in [2.24, 2.45) is 0 Å². The van der Waals surface area contributed by atoms with Gasteiger partial charge in [0.15, 0.2) is 6.61 Å². The molecule has 0 bridgehead atoms. The Balaban J connectivity index is 1.80. The van der Waals surface area contributed by atoms with E-state index in [1.807, 2.05) is 45.0 Å². The average molecular weight is 327 g/mol. The van der Waals surface area contributed by atoms with Crippen LogP contribution in [0.5, 0.6) is 11.5 Å². The lowest BCUT2D eigenvalue weighted by atomic mass is 10.1. The first-order chi connectivity index (χ1) is 11.5. The number of nitrogens with one attached hydrogen (secondary N) is 1. The molecule has 24 heavy (non-hydrogen) atoms. The highest BCUT2D eigenvalue weighted by molar-refractivity contribution is 5.77. The van der Waals surface area contributed by atoms with E-state index in [0.29, 0.717) is 6.54 Å². The Kier molecular flexibility index (Phi) is 6.24. The van der Waals surface area contributed by atoms with E-state index in [1.54, 1.807) is 7.11 Å². The van der Waals surface area contributed by atoms with Crippen LogP contribution < -0.4 is 14.8 Å². The summed E-state index contributed by atoms with van der Waals surface area (Å²) in [7, 11) is 1.66. The molecule has 0 heterocycles. The normalized spacial score (nSPS) is 10.3. The Morgan fingerprint density at radius 3 is 2.38 bits per heavy atom. The molecule has 0 fully saturated rings. The van der Waals surface area contributed by atoms with Crippen molar-refractivity contribution in [2.75, 3.05) is 20.3 Å². The van der Waals surface area contributed by atoms with Crippen LogP contribution in [-0.4, -0.2) is 26.2 Å². The molecular weight excluding hydrogens is 302 g/mol. The highest BCUT2D eigenvalue weighted by atomic mass is 16.5. The van der Waals surface area contributed by atoms with Crippen LogP contribution in [-0.2, 0) is 11.2 Å². The maximum absolute atomic E-state index is 11.9. The Morgan fingerprint density at radius 2 is 1.71 bits per heavy atom. The molecule has 4 nitrogen and oxygen atoms in total. The minimum absolute atomic E-state index is 0.0217. The van der Waals surface area contributed by atoms with Crippen molar-refractivity contribution in [3.05, 3.63) is 58.7 Å². The van der Waals surface area contributed by atoms with Crippen molar-refractivity contribution in [3.8, 4) is 11.5 Å². The molecule has 0 aliphatic carbocycles.